The number of benzene rings is 2. The molecule has 0 aliphatic rings. The molecular weight excluding hydrogens is 343 g/mol. The van der Waals surface area contributed by atoms with Gasteiger partial charge in [-0.25, -0.2) is 9.38 Å². The molecule has 3 N–H and O–H groups in total. The average molecular weight is 370 g/mol. The zero-order valence-corrected chi connectivity index (χ0v) is 15.9. The molecule has 0 aromatic heterocycles. The molecule has 0 aliphatic heterocycles. The van der Waals surface area contributed by atoms with Crippen molar-refractivity contribution in [3.63, 3.8) is 0 Å². The topological polar surface area (TPSA) is 65.5 Å². The molecule has 0 unspecified atom stereocenters. The molecular formula is C21H27FN4O. The lowest BCUT2D eigenvalue weighted by molar-refractivity contribution is 0.0953. The highest BCUT2D eigenvalue weighted by atomic mass is 19.1. The standard InChI is InChI=1S/C21H27FN4O/c1-3-12-24-20(27)18-7-5-6-17(13-18)15-26-21(23-4-2)25-14-16-8-10-19(22)11-9-16/h5-11,13H,3-4,12,14-15H2,1-2H3,(H,24,27)(H2,23,25,26). The molecule has 0 saturated carbocycles. The first-order valence-electron chi connectivity index (χ1n) is 9.26. The Labute approximate surface area is 160 Å². The fourth-order valence-corrected chi connectivity index (χ4v) is 2.45. The first kappa shape index (κ1) is 20.4. The van der Waals surface area contributed by atoms with Crippen LogP contribution in [0, 0.1) is 5.82 Å². The molecule has 0 heterocycles. The molecule has 5 nitrogen and oxygen atoms in total. The van der Waals surface area contributed by atoms with Gasteiger partial charge in [0.15, 0.2) is 5.96 Å². The summed E-state index contributed by atoms with van der Waals surface area (Å²) in [6.45, 7) is 6.41. The molecule has 27 heavy (non-hydrogen) atoms. The van der Waals surface area contributed by atoms with E-state index < -0.39 is 0 Å². The molecule has 0 atom stereocenters. The summed E-state index contributed by atoms with van der Waals surface area (Å²) in [6, 6.07) is 13.8. The number of rotatable bonds is 8. The summed E-state index contributed by atoms with van der Waals surface area (Å²) >= 11 is 0. The third kappa shape index (κ3) is 7.09. The largest absolute Gasteiger partial charge is 0.357 e. The van der Waals surface area contributed by atoms with Crippen LogP contribution in [0.3, 0.4) is 0 Å². The fourth-order valence-electron chi connectivity index (χ4n) is 2.45. The van der Waals surface area contributed by atoms with Gasteiger partial charge in [-0.2, -0.15) is 0 Å². The van der Waals surface area contributed by atoms with Gasteiger partial charge in [0, 0.05) is 25.2 Å². The molecule has 0 radical (unpaired) electrons. The van der Waals surface area contributed by atoms with Crippen molar-refractivity contribution in [1.29, 1.82) is 0 Å². The van der Waals surface area contributed by atoms with Crippen LogP contribution in [0.25, 0.3) is 0 Å². The number of guanidine groups is 1. The van der Waals surface area contributed by atoms with E-state index in [1.807, 2.05) is 32.0 Å². The molecule has 2 aromatic carbocycles. The number of amides is 1. The van der Waals surface area contributed by atoms with Gasteiger partial charge in [0.05, 0.1) is 6.54 Å². The van der Waals surface area contributed by atoms with Crippen molar-refractivity contribution in [1.82, 2.24) is 16.0 Å². The van der Waals surface area contributed by atoms with Crippen molar-refractivity contribution < 1.29 is 9.18 Å². The van der Waals surface area contributed by atoms with Crippen molar-refractivity contribution in [2.75, 3.05) is 13.1 Å². The quantitative estimate of drug-likeness (QED) is 0.494. The molecule has 2 rings (SSSR count). The number of carbonyl (C=O) groups is 1. The molecule has 2 aromatic rings. The maximum Gasteiger partial charge on any atom is 0.251 e. The minimum atomic E-state index is -0.248. The smallest absolute Gasteiger partial charge is 0.251 e. The molecule has 0 saturated heterocycles. The minimum Gasteiger partial charge on any atom is -0.357 e. The number of hydrogen-bond acceptors (Lipinski definition) is 2. The summed E-state index contributed by atoms with van der Waals surface area (Å²) in [7, 11) is 0. The number of aliphatic imine (C=N–C) groups is 1. The van der Waals surface area contributed by atoms with Crippen molar-refractivity contribution in [2.24, 2.45) is 4.99 Å². The Kier molecular flexibility index (Phi) is 8.29. The van der Waals surface area contributed by atoms with Gasteiger partial charge in [-0.15, -0.1) is 0 Å². The maximum atomic E-state index is 13.0. The zero-order chi connectivity index (χ0) is 19.5. The zero-order valence-electron chi connectivity index (χ0n) is 15.9. The second kappa shape index (κ2) is 11.0. The predicted octanol–water partition coefficient (Wildman–Crippen LogP) is 3.22. The summed E-state index contributed by atoms with van der Waals surface area (Å²) in [5, 5.41) is 9.29. The minimum absolute atomic E-state index is 0.0657. The summed E-state index contributed by atoms with van der Waals surface area (Å²) < 4.78 is 13.0. The maximum absolute atomic E-state index is 13.0. The van der Waals surface area contributed by atoms with Gasteiger partial charge in [0.25, 0.3) is 5.91 Å². The third-order valence-electron chi connectivity index (χ3n) is 3.86. The second-order valence-electron chi connectivity index (χ2n) is 6.13. The Bertz CT molecular complexity index is 759. The van der Waals surface area contributed by atoms with Crippen LogP contribution in [0.2, 0.25) is 0 Å². The first-order chi connectivity index (χ1) is 13.1. The van der Waals surface area contributed by atoms with Crippen LogP contribution < -0.4 is 16.0 Å². The van der Waals surface area contributed by atoms with E-state index in [-0.39, 0.29) is 11.7 Å². The molecule has 6 heteroatoms. The fraction of sp³-hybridized carbons (Fsp3) is 0.333. The van der Waals surface area contributed by atoms with Crippen LogP contribution in [-0.4, -0.2) is 25.0 Å². The summed E-state index contributed by atoms with van der Waals surface area (Å²) in [5.41, 5.74) is 2.56. The monoisotopic (exact) mass is 370 g/mol. The molecule has 0 fully saturated rings. The van der Waals surface area contributed by atoms with Crippen LogP contribution in [0.5, 0.6) is 0 Å². The van der Waals surface area contributed by atoms with Gasteiger partial charge in [-0.05, 0) is 48.7 Å². The Morgan fingerprint density at radius 3 is 2.48 bits per heavy atom. The predicted molar refractivity (Wildman–Crippen MR) is 107 cm³/mol. The van der Waals surface area contributed by atoms with Crippen molar-refractivity contribution >= 4 is 11.9 Å². The van der Waals surface area contributed by atoms with Gasteiger partial charge >= 0.3 is 0 Å². The number of nitrogens with zero attached hydrogens (tertiary/aromatic N) is 1. The van der Waals surface area contributed by atoms with E-state index in [2.05, 4.69) is 20.9 Å². The lowest BCUT2D eigenvalue weighted by atomic mass is 10.1. The number of nitrogens with one attached hydrogen (secondary N) is 3. The summed E-state index contributed by atoms with van der Waals surface area (Å²) in [6.07, 6.45) is 0.904. The van der Waals surface area contributed by atoms with E-state index in [9.17, 15) is 9.18 Å². The van der Waals surface area contributed by atoms with Crippen molar-refractivity contribution in [3.05, 3.63) is 71.0 Å². The average Bonchev–Trinajstić information content (AvgIpc) is 2.69. The van der Waals surface area contributed by atoms with Crippen molar-refractivity contribution in [2.45, 2.75) is 33.4 Å². The normalized spacial score (nSPS) is 11.1. The Morgan fingerprint density at radius 1 is 1.00 bits per heavy atom. The van der Waals surface area contributed by atoms with E-state index in [4.69, 9.17) is 0 Å². The Hall–Kier alpha value is -2.89. The molecule has 1 amide bonds. The van der Waals surface area contributed by atoms with Crippen LogP contribution in [0.1, 0.15) is 41.8 Å². The summed E-state index contributed by atoms with van der Waals surface area (Å²) in [4.78, 5) is 16.6. The van der Waals surface area contributed by atoms with E-state index in [0.29, 0.717) is 31.2 Å². The lowest BCUT2D eigenvalue weighted by Crippen LogP contribution is -2.36. The number of halogens is 1. The van der Waals surface area contributed by atoms with Gasteiger partial charge in [0.1, 0.15) is 5.82 Å². The third-order valence-corrected chi connectivity index (χ3v) is 3.86. The lowest BCUT2D eigenvalue weighted by Gasteiger charge is -2.11. The van der Waals surface area contributed by atoms with Gasteiger partial charge in [-0.1, -0.05) is 31.2 Å². The van der Waals surface area contributed by atoms with Crippen LogP contribution in [-0.2, 0) is 13.1 Å². The van der Waals surface area contributed by atoms with Crippen molar-refractivity contribution in [3.8, 4) is 0 Å². The van der Waals surface area contributed by atoms with E-state index in [1.165, 1.54) is 12.1 Å². The van der Waals surface area contributed by atoms with Crippen LogP contribution in [0.15, 0.2) is 53.5 Å². The number of hydrogen-bond donors (Lipinski definition) is 3. The molecule has 144 valence electrons. The second-order valence-corrected chi connectivity index (χ2v) is 6.13. The number of carbonyl (C=O) groups excluding carboxylic acids is 1. The molecule has 0 spiro atoms. The van der Waals surface area contributed by atoms with Crippen LogP contribution in [0.4, 0.5) is 4.39 Å². The molecule has 0 aliphatic carbocycles. The highest BCUT2D eigenvalue weighted by Gasteiger charge is 2.05. The SMILES string of the molecule is CCCNC(=O)c1cccc(CN=C(NCC)NCc2ccc(F)cc2)c1. The van der Waals surface area contributed by atoms with Crippen LogP contribution >= 0.6 is 0 Å². The molecule has 0 bridgehead atoms. The van der Waals surface area contributed by atoms with Gasteiger partial charge in [0.2, 0.25) is 0 Å². The highest BCUT2D eigenvalue weighted by Crippen LogP contribution is 2.07. The van der Waals surface area contributed by atoms with E-state index >= 15 is 0 Å². The van der Waals surface area contributed by atoms with Gasteiger partial charge in [-0.3, -0.25) is 4.79 Å². The Balaban J connectivity index is 1.99. The Morgan fingerprint density at radius 2 is 1.78 bits per heavy atom. The summed E-state index contributed by atoms with van der Waals surface area (Å²) in [5.74, 6) is 0.355. The van der Waals surface area contributed by atoms with Gasteiger partial charge < -0.3 is 16.0 Å². The highest BCUT2D eigenvalue weighted by molar-refractivity contribution is 5.94. The first-order valence-corrected chi connectivity index (χ1v) is 9.26. The van der Waals surface area contributed by atoms with E-state index in [0.717, 1.165) is 24.1 Å². The van der Waals surface area contributed by atoms with E-state index in [1.54, 1.807) is 18.2 Å².